The molecular formula is C33H38N6O3. The van der Waals surface area contributed by atoms with Crippen molar-refractivity contribution in [3.63, 3.8) is 0 Å². The zero-order valence-electron chi connectivity index (χ0n) is 24.5. The molecule has 3 N–H and O–H groups in total. The van der Waals surface area contributed by atoms with E-state index in [9.17, 15) is 9.59 Å². The summed E-state index contributed by atoms with van der Waals surface area (Å²) < 4.78 is 6.97. The van der Waals surface area contributed by atoms with Crippen molar-refractivity contribution in [1.82, 2.24) is 14.7 Å². The lowest BCUT2D eigenvalue weighted by Crippen LogP contribution is -2.52. The van der Waals surface area contributed by atoms with Crippen LogP contribution in [0.2, 0.25) is 0 Å². The fraction of sp³-hybridized carbons (Fsp3) is 0.303. The number of carbonyl (C=O) groups excluding carboxylic acids is 2. The van der Waals surface area contributed by atoms with Gasteiger partial charge in [-0.25, -0.2) is 9.59 Å². The van der Waals surface area contributed by atoms with Gasteiger partial charge in [0.05, 0.1) is 12.7 Å². The second-order valence-electron chi connectivity index (χ2n) is 11.6. The minimum absolute atomic E-state index is 0.196. The number of rotatable bonds is 7. The predicted molar refractivity (Wildman–Crippen MR) is 164 cm³/mol. The maximum atomic E-state index is 14.2. The summed E-state index contributed by atoms with van der Waals surface area (Å²) in [5.41, 5.74) is 7.58. The number of anilines is 2. The SMILES string of the molecule is Cn1ncc(N(C(=O)N2CC[C@@H](OC(N)=O)C2)C(C)(C)C)c1NC(c1ccccc1)(c1ccccc1)c1ccccc1. The average molecular weight is 567 g/mol. The number of carbonyl (C=O) groups is 2. The summed E-state index contributed by atoms with van der Waals surface area (Å²) in [6.45, 7) is 6.71. The van der Waals surface area contributed by atoms with Crippen LogP contribution in [0.4, 0.5) is 21.1 Å². The van der Waals surface area contributed by atoms with E-state index in [1.54, 1.807) is 20.7 Å². The van der Waals surface area contributed by atoms with Crippen molar-refractivity contribution in [3.8, 4) is 0 Å². The lowest BCUT2D eigenvalue weighted by Gasteiger charge is -2.41. The van der Waals surface area contributed by atoms with E-state index in [2.05, 4.69) is 46.8 Å². The number of nitrogens with zero attached hydrogens (tertiary/aromatic N) is 4. The maximum Gasteiger partial charge on any atom is 0.404 e. The molecule has 0 aliphatic carbocycles. The first kappa shape index (κ1) is 28.7. The molecule has 218 valence electrons. The molecule has 0 radical (unpaired) electrons. The summed E-state index contributed by atoms with van der Waals surface area (Å²) in [5, 5.41) is 8.53. The van der Waals surface area contributed by atoms with E-state index < -0.39 is 23.3 Å². The van der Waals surface area contributed by atoms with Crippen LogP contribution in [-0.4, -0.2) is 51.5 Å². The van der Waals surface area contributed by atoms with Gasteiger partial charge in [0, 0.05) is 25.6 Å². The molecule has 0 unspecified atom stereocenters. The number of hydrogen-bond donors (Lipinski definition) is 2. The smallest absolute Gasteiger partial charge is 0.404 e. The normalized spacial score (nSPS) is 15.3. The van der Waals surface area contributed by atoms with Gasteiger partial charge < -0.3 is 20.7 Å². The molecular weight excluding hydrogens is 528 g/mol. The second kappa shape index (κ2) is 11.6. The van der Waals surface area contributed by atoms with Gasteiger partial charge in [-0.05, 0) is 37.5 Å². The largest absolute Gasteiger partial charge is 0.444 e. The molecule has 1 fully saturated rings. The van der Waals surface area contributed by atoms with E-state index in [1.807, 2.05) is 82.4 Å². The monoisotopic (exact) mass is 566 g/mol. The lowest BCUT2D eigenvalue weighted by molar-refractivity contribution is 0.111. The first-order valence-corrected chi connectivity index (χ1v) is 14.1. The highest BCUT2D eigenvalue weighted by atomic mass is 16.6. The van der Waals surface area contributed by atoms with Gasteiger partial charge >= 0.3 is 12.1 Å². The molecule has 1 aliphatic heterocycles. The van der Waals surface area contributed by atoms with Crippen LogP contribution in [-0.2, 0) is 17.3 Å². The topological polar surface area (TPSA) is 106 Å². The number of aromatic nitrogens is 2. The third kappa shape index (κ3) is 5.54. The number of ether oxygens (including phenoxy) is 1. The van der Waals surface area contributed by atoms with Gasteiger partial charge in [0.15, 0.2) is 0 Å². The van der Waals surface area contributed by atoms with E-state index in [4.69, 9.17) is 10.5 Å². The molecule has 1 aliphatic rings. The number of hydrogen-bond acceptors (Lipinski definition) is 5. The number of nitrogens with one attached hydrogen (secondary N) is 1. The quantitative estimate of drug-likeness (QED) is 0.279. The minimum Gasteiger partial charge on any atom is -0.444 e. The molecule has 0 saturated carbocycles. The fourth-order valence-electron chi connectivity index (χ4n) is 5.75. The summed E-state index contributed by atoms with van der Waals surface area (Å²) in [7, 11) is 1.87. The Labute approximate surface area is 246 Å². The standard InChI is InChI=1S/C33H38N6O3/c1-32(2,3)39(31(41)38-21-20-27(23-38)42-30(34)40)28-22-35-37(4)29(28)36-33(24-14-8-5-9-15-24,25-16-10-6-11-17-25)26-18-12-7-13-19-26/h5-19,22,27,36H,20-21,23H2,1-4H3,(H2,34,40)/t27-/m1/s1. The minimum atomic E-state index is -0.834. The molecule has 2 heterocycles. The molecule has 1 saturated heterocycles. The van der Waals surface area contributed by atoms with Crippen LogP contribution >= 0.6 is 0 Å². The summed E-state index contributed by atoms with van der Waals surface area (Å²) in [4.78, 5) is 29.0. The van der Waals surface area contributed by atoms with Gasteiger partial charge in [-0.1, -0.05) is 91.0 Å². The van der Waals surface area contributed by atoms with Crippen molar-refractivity contribution in [3.05, 3.63) is 114 Å². The van der Waals surface area contributed by atoms with Crippen LogP contribution in [0.25, 0.3) is 0 Å². The van der Waals surface area contributed by atoms with Crippen LogP contribution in [0.1, 0.15) is 43.9 Å². The van der Waals surface area contributed by atoms with Gasteiger partial charge in [0.25, 0.3) is 0 Å². The highest BCUT2D eigenvalue weighted by molar-refractivity contribution is 5.96. The molecule has 5 rings (SSSR count). The molecule has 1 aromatic heterocycles. The molecule has 3 amide bonds. The van der Waals surface area contributed by atoms with Crippen molar-refractivity contribution < 1.29 is 14.3 Å². The van der Waals surface area contributed by atoms with E-state index >= 15 is 0 Å². The summed E-state index contributed by atoms with van der Waals surface area (Å²) in [5.74, 6) is 0.680. The summed E-state index contributed by atoms with van der Waals surface area (Å²) >= 11 is 0. The first-order chi connectivity index (χ1) is 20.1. The van der Waals surface area contributed by atoms with Crippen LogP contribution < -0.4 is 16.0 Å². The molecule has 1 atom stereocenters. The van der Waals surface area contributed by atoms with Crippen LogP contribution in [0.15, 0.2) is 97.2 Å². The number of urea groups is 1. The maximum absolute atomic E-state index is 14.2. The van der Waals surface area contributed by atoms with Crippen molar-refractivity contribution in [2.75, 3.05) is 23.3 Å². The second-order valence-corrected chi connectivity index (χ2v) is 11.6. The van der Waals surface area contributed by atoms with E-state index in [0.29, 0.717) is 24.5 Å². The number of aryl methyl sites for hydroxylation is 1. The Bertz CT molecular complexity index is 1420. The molecule has 3 aromatic carbocycles. The lowest BCUT2D eigenvalue weighted by atomic mass is 9.77. The third-order valence-electron chi connectivity index (χ3n) is 7.65. The Balaban J connectivity index is 1.65. The Morgan fingerprint density at radius 1 is 0.905 bits per heavy atom. The van der Waals surface area contributed by atoms with E-state index in [0.717, 1.165) is 16.7 Å². The summed E-state index contributed by atoms with van der Waals surface area (Å²) in [6, 6.07) is 30.7. The van der Waals surface area contributed by atoms with Crippen LogP contribution in [0.5, 0.6) is 0 Å². The number of amides is 3. The third-order valence-corrected chi connectivity index (χ3v) is 7.65. The van der Waals surface area contributed by atoms with Gasteiger partial charge in [0.2, 0.25) is 0 Å². The highest BCUT2D eigenvalue weighted by Crippen LogP contribution is 2.43. The first-order valence-electron chi connectivity index (χ1n) is 14.1. The highest BCUT2D eigenvalue weighted by Gasteiger charge is 2.42. The van der Waals surface area contributed by atoms with Gasteiger partial charge in [-0.15, -0.1) is 0 Å². The number of likely N-dealkylation sites (tertiary alicyclic amines) is 1. The van der Waals surface area contributed by atoms with E-state index in [-0.39, 0.29) is 12.6 Å². The van der Waals surface area contributed by atoms with Crippen molar-refractivity contribution in [1.29, 1.82) is 0 Å². The van der Waals surface area contributed by atoms with Crippen molar-refractivity contribution in [2.45, 2.75) is 44.4 Å². The van der Waals surface area contributed by atoms with Gasteiger partial charge in [0.1, 0.15) is 23.1 Å². The Hall–Kier alpha value is -4.79. The Morgan fingerprint density at radius 2 is 1.40 bits per heavy atom. The number of primary amides is 1. The molecule has 9 heteroatoms. The van der Waals surface area contributed by atoms with Crippen LogP contribution in [0.3, 0.4) is 0 Å². The molecule has 0 bridgehead atoms. The fourth-order valence-corrected chi connectivity index (χ4v) is 5.75. The molecule has 42 heavy (non-hydrogen) atoms. The predicted octanol–water partition coefficient (Wildman–Crippen LogP) is 5.72. The molecule has 0 spiro atoms. The van der Waals surface area contributed by atoms with E-state index in [1.165, 1.54) is 0 Å². The molecule has 4 aromatic rings. The van der Waals surface area contributed by atoms with Crippen LogP contribution in [0, 0.1) is 0 Å². The zero-order chi connectivity index (χ0) is 29.9. The molecule has 9 nitrogen and oxygen atoms in total. The van der Waals surface area contributed by atoms with Gasteiger partial charge in [-0.2, -0.15) is 5.10 Å². The summed E-state index contributed by atoms with van der Waals surface area (Å²) in [6.07, 6.45) is 0.996. The Kier molecular flexibility index (Phi) is 7.93. The van der Waals surface area contributed by atoms with Crippen molar-refractivity contribution >= 4 is 23.6 Å². The Morgan fingerprint density at radius 3 is 1.86 bits per heavy atom. The number of nitrogens with two attached hydrogens (primary N) is 1. The van der Waals surface area contributed by atoms with Crippen molar-refractivity contribution in [2.24, 2.45) is 12.8 Å². The zero-order valence-corrected chi connectivity index (χ0v) is 24.5. The number of benzene rings is 3. The average Bonchev–Trinajstić information content (AvgIpc) is 3.58. The van der Waals surface area contributed by atoms with Gasteiger partial charge in [-0.3, -0.25) is 9.58 Å².